The highest BCUT2D eigenvalue weighted by molar-refractivity contribution is 5.94. The molecule has 20 heavy (non-hydrogen) atoms. The predicted molar refractivity (Wildman–Crippen MR) is 76.3 cm³/mol. The van der Waals surface area contributed by atoms with Crippen LogP contribution in [0.2, 0.25) is 0 Å². The summed E-state index contributed by atoms with van der Waals surface area (Å²) in [7, 11) is 0. The van der Waals surface area contributed by atoms with Crippen molar-refractivity contribution in [3.63, 3.8) is 0 Å². The number of rotatable bonds is 4. The average molecular weight is 275 g/mol. The van der Waals surface area contributed by atoms with E-state index in [9.17, 15) is 9.59 Å². The van der Waals surface area contributed by atoms with Crippen LogP contribution in [0.5, 0.6) is 0 Å². The zero-order chi connectivity index (χ0) is 14.4. The number of ether oxygens (including phenoxy) is 1. The van der Waals surface area contributed by atoms with E-state index in [4.69, 9.17) is 4.74 Å². The molecule has 0 saturated carbocycles. The molecule has 1 amide bonds. The number of hydrogen-bond donors (Lipinski definition) is 0. The Kier molecular flexibility index (Phi) is 5.16. The lowest BCUT2D eigenvalue weighted by Gasteiger charge is -2.31. The van der Waals surface area contributed by atoms with E-state index in [1.54, 1.807) is 0 Å². The first-order valence-electron chi connectivity index (χ1n) is 7.20. The Balaban J connectivity index is 1.82. The number of hydrogen-bond acceptors (Lipinski definition) is 3. The summed E-state index contributed by atoms with van der Waals surface area (Å²) in [6.07, 6.45) is 2.22. The molecule has 0 aliphatic carbocycles. The Morgan fingerprint density at radius 3 is 2.45 bits per heavy atom. The van der Waals surface area contributed by atoms with Crippen molar-refractivity contribution < 1.29 is 14.3 Å². The molecule has 0 atom stereocenters. The van der Waals surface area contributed by atoms with Crippen LogP contribution in [-0.4, -0.2) is 36.5 Å². The normalized spacial score (nSPS) is 15.9. The van der Waals surface area contributed by atoms with Crippen LogP contribution >= 0.6 is 0 Å². The van der Waals surface area contributed by atoms with Gasteiger partial charge in [0.1, 0.15) is 0 Å². The smallest absolute Gasteiger partial charge is 0.306 e. The quantitative estimate of drug-likeness (QED) is 0.793. The minimum absolute atomic E-state index is 0.0835. The lowest BCUT2D eigenvalue weighted by atomic mass is 9.93. The number of benzene rings is 1. The second kappa shape index (κ2) is 7.08. The average Bonchev–Trinajstić information content (AvgIpc) is 2.48. The molecule has 1 aromatic rings. The molecule has 1 aromatic carbocycles. The van der Waals surface area contributed by atoms with E-state index >= 15 is 0 Å². The Morgan fingerprint density at radius 1 is 1.20 bits per heavy atom. The summed E-state index contributed by atoms with van der Waals surface area (Å²) < 4.78 is 4.97. The second-order valence-electron chi connectivity index (χ2n) is 5.11. The third kappa shape index (κ3) is 3.83. The van der Waals surface area contributed by atoms with Gasteiger partial charge in [-0.2, -0.15) is 0 Å². The molecule has 4 nitrogen and oxygen atoms in total. The second-order valence-corrected chi connectivity index (χ2v) is 5.11. The molecule has 108 valence electrons. The molecule has 1 aliphatic rings. The fourth-order valence-corrected chi connectivity index (χ4v) is 2.56. The molecule has 0 spiro atoms. The summed E-state index contributed by atoms with van der Waals surface area (Å²) in [5.41, 5.74) is 0.733. The van der Waals surface area contributed by atoms with Crippen LogP contribution in [-0.2, 0) is 9.53 Å². The first kappa shape index (κ1) is 14.6. The van der Waals surface area contributed by atoms with Gasteiger partial charge in [0.15, 0.2) is 0 Å². The first-order valence-corrected chi connectivity index (χ1v) is 7.20. The number of esters is 1. The van der Waals surface area contributed by atoms with Crippen molar-refractivity contribution in [1.82, 2.24) is 4.90 Å². The van der Waals surface area contributed by atoms with Crippen molar-refractivity contribution in [2.24, 2.45) is 5.92 Å². The van der Waals surface area contributed by atoms with E-state index in [2.05, 4.69) is 0 Å². The molecular weight excluding hydrogens is 254 g/mol. The van der Waals surface area contributed by atoms with Gasteiger partial charge >= 0.3 is 5.97 Å². The van der Waals surface area contributed by atoms with Gasteiger partial charge in [0.05, 0.1) is 6.61 Å². The monoisotopic (exact) mass is 275 g/mol. The number of piperidine rings is 1. The first-order chi connectivity index (χ1) is 9.70. The van der Waals surface area contributed by atoms with Crippen LogP contribution < -0.4 is 0 Å². The third-order valence-electron chi connectivity index (χ3n) is 3.68. The third-order valence-corrected chi connectivity index (χ3v) is 3.68. The summed E-state index contributed by atoms with van der Waals surface area (Å²) in [4.78, 5) is 25.6. The van der Waals surface area contributed by atoms with Crippen molar-refractivity contribution >= 4 is 11.9 Å². The minimum atomic E-state index is -0.125. The molecule has 0 unspecified atom stereocenters. The molecule has 0 N–H and O–H groups in total. The van der Waals surface area contributed by atoms with E-state index in [1.165, 1.54) is 0 Å². The number of likely N-dealkylation sites (tertiary alicyclic amines) is 1. The van der Waals surface area contributed by atoms with Crippen molar-refractivity contribution in [3.8, 4) is 0 Å². The van der Waals surface area contributed by atoms with Crippen LogP contribution in [0, 0.1) is 5.92 Å². The summed E-state index contributed by atoms with van der Waals surface area (Å²) >= 11 is 0. The van der Waals surface area contributed by atoms with E-state index in [1.807, 2.05) is 42.2 Å². The Labute approximate surface area is 119 Å². The fraction of sp³-hybridized carbons (Fsp3) is 0.500. The zero-order valence-electron chi connectivity index (χ0n) is 11.9. The maximum Gasteiger partial charge on any atom is 0.306 e. The standard InChI is InChI=1S/C16H21NO3/c1-2-20-15(18)12-13-8-10-17(11-9-13)16(19)14-6-4-3-5-7-14/h3-7,13H,2,8-12H2,1H3. The fourth-order valence-electron chi connectivity index (χ4n) is 2.56. The van der Waals surface area contributed by atoms with Gasteiger partial charge in [0.2, 0.25) is 0 Å². The van der Waals surface area contributed by atoms with Crippen molar-refractivity contribution in [2.45, 2.75) is 26.2 Å². The lowest BCUT2D eigenvalue weighted by Crippen LogP contribution is -2.39. The van der Waals surface area contributed by atoms with Crippen LogP contribution in [0.4, 0.5) is 0 Å². The van der Waals surface area contributed by atoms with Crippen LogP contribution in [0.3, 0.4) is 0 Å². The number of carbonyl (C=O) groups is 2. The lowest BCUT2D eigenvalue weighted by molar-refractivity contribution is -0.144. The minimum Gasteiger partial charge on any atom is -0.466 e. The maximum absolute atomic E-state index is 12.3. The molecule has 1 fully saturated rings. The Morgan fingerprint density at radius 2 is 1.85 bits per heavy atom. The van der Waals surface area contributed by atoms with Crippen LogP contribution in [0.1, 0.15) is 36.5 Å². The van der Waals surface area contributed by atoms with Crippen molar-refractivity contribution in [1.29, 1.82) is 0 Å². The van der Waals surface area contributed by atoms with Gasteiger partial charge in [-0.05, 0) is 37.8 Å². The van der Waals surface area contributed by atoms with Gasteiger partial charge in [0.25, 0.3) is 5.91 Å². The molecule has 0 radical (unpaired) electrons. The number of carbonyl (C=O) groups excluding carboxylic acids is 2. The van der Waals surface area contributed by atoms with Gasteiger partial charge < -0.3 is 9.64 Å². The van der Waals surface area contributed by atoms with Gasteiger partial charge in [-0.3, -0.25) is 9.59 Å². The maximum atomic E-state index is 12.3. The van der Waals surface area contributed by atoms with Gasteiger partial charge in [-0.15, -0.1) is 0 Å². The molecular formula is C16H21NO3. The summed E-state index contributed by atoms with van der Waals surface area (Å²) in [5.74, 6) is 0.300. The predicted octanol–water partition coefficient (Wildman–Crippen LogP) is 2.49. The van der Waals surface area contributed by atoms with E-state index in [-0.39, 0.29) is 11.9 Å². The van der Waals surface area contributed by atoms with Gasteiger partial charge in [-0.25, -0.2) is 0 Å². The summed E-state index contributed by atoms with van der Waals surface area (Å²) in [5, 5.41) is 0. The van der Waals surface area contributed by atoms with Gasteiger partial charge in [0, 0.05) is 25.1 Å². The molecule has 1 saturated heterocycles. The number of amides is 1. The van der Waals surface area contributed by atoms with Crippen molar-refractivity contribution in [2.75, 3.05) is 19.7 Å². The van der Waals surface area contributed by atoms with E-state index < -0.39 is 0 Å². The zero-order valence-corrected chi connectivity index (χ0v) is 11.9. The molecule has 0 aromatic heterocycles. The topological polar surface area (TPSA) is 46.6 Å². The van der Waals surface area contributed by atoms with Crippen LogP contribution in [0.25, 0.3) is 0 Å². The highest BCUT2D eigenvalue weighted by Gasteiger charge is 2.25. The Bertz CT molecular complexity index is 450. The molecule has 2 rings (SSSR count). The highest BCUT2D eigenvalue weighted by Crippen LogP contribution is 2.22. The van der Waals surface area contributed by atoms with Crippen LogP contribution in [0.15, 0.2) is 30.3 Å². The number of nitrogens with zero attached hydrogens (tertiary/aromatic N) is 1. The van der Waals surface area contributed by atoms with E-state index in [0.29, 0.717) is 18.9 Å². The SMILES string of the molecule is CCOC(=O)CC1CCN(C(=O)c2ccccc2)CC1. The molecule has 4 heteroatoms. The largest absolute Gasteiger partial charge is 0.466 e. The van der Waals surface area contributed by atoms with Crippen molar-refractivity contribution in [3.05, 3.63) is 35.9 Å². The van der Waals surface area contributed by atoms with E-state index in [0.717, 1.165) is 31.5 Å². The summed E-state index contributed by atoms with van der Waals surface area (Å²) in [6.45, 7) is 3.69. The molecule has 1 aliphatic heterocycles. The molecule has 0 bridgehead atoms. The highest BCUT2D eigenvalue weighted by atomic mass is 16.5. The summed E-state index contributed by atoms with van der Waals surface area (Å²) in [6, 6.07) is 9.34. The Hall–Kier alpha value is -1.84. The molecule has 1 heterocycles. The van der Waals surface area contributed by atoms with Gasteiger partial charge in [-0.1, -0.05) is 18.2 Å².